The van der Waals surface area contributed by atoms with Crippen LogP contribution in [0.3, 0.4) is 0 Å². The number of fused-ring (bicyclic) bond motifs is 3. The fraction of sp³-hybridized carbons (Fsp3) is 0.636. The number of rotatable bonds is 4. The van der Waals surface area contributed by atoms with Gasteiger partial charge in [-0.1, -0.05) is 6.07 Å². The van der Waals surface area contributed by atoms with Crippen LogP contribution in [0.5, 0.6) is 0 Å². The minimum absolute atomic E-state index is 0. The Hall–Kier alpha value is -2.11. The minimum atomic E-state index is -0.465. The average molecular weight is 555 g/mol. The van der Waals surface area contributed by atoms with Gasteiger partial charge in [-0.2, -0.15) is 0 Å². The normalized spacial score (nSPS) is 23.1. The van der Waals surface area contributed by atoms with Gasteiger partial charge >= 0.3 is 6.09 Å². The predicted molar refractivity (Wildman–Crippen MR) is 135 cm³/mol. The smallest absolute Gasteiger partial charge is 0.410 e. The largest absolute Gasteiger partial charge is 0.444 e. The maximum absolute atomic E-state index is 12.6. The van der Waals surface area contributed by atoms with Gasteiger partial charge in [-0.25, -0.2) is 4.79 Å². The molecule has 9 nitrogen and oxygen atoms in total. The molecule has 0 radical (unpaired) electrons. The lowest BCUT2D eigenvalue weighted by molar-refractivity contribution is 0.00545. The molecule has 0 saturated carbocycles. The zero-order valence-corrected chi connectivity index (χ0v) is 21.6. The highest BCUT2D eigenvalue weighted by Gasteiger charge is 2.45. The Morgan fingerprint density at radius 2 is 1.94 bits per heavy atom. The SMILES string of the molecule is CN=C(NCCc1nnc2ccccn12)NC1CC2CCC(C1)N2C(=O)OC(C)(C)C.I. The van der Waals surface area contributed by atoms with Gasteiger partial charge in [0, 0.05) is 44.3 Å². The van der Waals surface area contributed by atoms with Crippen molar-refractivity contribution in [1.82, 2.24) is 30.1 Å². The number of nitrogens with zero attached hydrogens (tertiary/aromatic N) is 5. The monoisotopic (exact) mass is 555 g/mol. The summed E-state index contributed by atoms with van der Waals surface area (Å²) in [6, 6.07) is 6.63. The van der Waals surface area contributed by atoms with Crippen LogP contribution >= 0.6 is 24.0 Å². The molecular formula is C22H34IN7O2. The molecule has 0 aromatic carbocycles. The van der Waals surface area contributed by atoms with Gasteiger partial charge in [0.15, 0.2) is 11.6 Å². The summed E-state index contributed by atoms with van der Waals surface area (Å²) in [7, 11) is 1.78. The third kappa shape index (κ3) is 5.62. The number of piperidine rings is 1. The minimum Gasteiger partial charge on any atom is -0.444 e. The molecule has 32 heavy (non-hydrogen) atoms. The van der Waals surface area contributed by atoms with E-state index in [2.05, 4.69) is 25.8 Å². The van der Waals surface area contributed by atoms with E-state index in [-0.39, 0.29) is 48.2 Å². The van der Waals surface area contributed by atoms with Crippen molar-refractivity contribution in [2.45, 2.75) is 76.6 Å². The van der Waals surface area contributed by atoms with Gasteiger partial charge in [0.25, 0.3) is 0 Å². The van der Waals surface area contributed by atoms with Crippen molar-refractivity contribution in [1.29, 1.82) is 0 Å². The van der Waals surface area contributed by atoms with Gasteiger partial charge < -0.3 is 20.3 Å². The number of hydrogen-bond acceptors (Lipinski definition) is 5. The standard InChI is InChI=1S/C22H33N7O2.HI/c1-22(2,3)31-21(30)29-16-8-9-17(29)14-15(13-16)25-20(23-4)24-11-10-19-27-26-18-7-5-6-12-28(18)19;/h5-7,12,15-17H,8-11,13-14H2,1-4H3,(H2,23,24,25);1H. The molecule has 1 amide bonds. The molecule has 2 fully saturated rings. The van der Waals surface area contributed by atoms with Crippen LogP contribution in [0.25, 0.3) is 5.65 Å². The summed E-state index contributed by atoms with van der Waals surface area (Å²) in [5.41, 5.74) is 0.389. The van der Waals surface area contributed by atoms with E-state index in [1.165, 1.54) is 0 Å². The molecule has 4 rings (SSSR count). The van der Waals surface area contributed by atoms with Crippen LogP contribution in [-0.4, -0.2) is 68.9 Å². The molecule has 2 aromatic rings. The predicted octanol–water partition coefficient (Wildman–Crippen LogP) is 2.99. The number of halogens is 1. The first-order valence-corrected chi connectivity index (χ1v) is 11.1. The van der Waals surface area contributed by atoms with Crippen LogP contribution < -0.4 is 10.6 Å². The van der Waals surface area contributed by atoms with Crippen molar-refractivity contribution >= 4 is 41.7 Å². The molecule has 176 valence electrons. The first-order valence-electron chi connectivity index (χ1n) is 11.1. The van der Waals surface area contributed by atoms with Crippen molar-refractivity contribution in [3.63, 3.8) is 0 Å². The molecule has 2 N–H and O–H groups in total. The van der Waals surface area contributed by atoms with Crippen molar-refractivity contribution in [3.05, 3.63) is 30.2 Å². The number of hydrogen-bond donors (Lipinski definition) is 2. The number of carbonyl (C=O) groups is 1. The van der Waals surface area contributed by atoms with E-state index in [1.807, 2.05) is 54.5 Å². The number of nitrogens with one attached hydrogen (secondary N) is 2. The first-order chi connectivity index (χ1) is 14.8. The highest BCUT2D eigenvalue weighted by Crippen LogP contribution is 2.36. The molecular weight excluding hydrogens is 521 g/mol. The molecule has 2 aromatic heterocycles. The summed E-state index contributed by atoms with van der Waals surface area (Å²) in [4.78, 5) is 19.0. The fourth-order valence-corrected chi connectivity index (χ4v) is 4.65. The Morgan fingerprint density at radius 3 is 2.59 bits per heavy atom. The Labute approximate surface area is 206 Å². The number of amides is 1. The maximum Gasteiger partial charge on any atom is 0.410 e. The number of aliphatic imine (C=N–C) groups is 1. The van der Waals surface area contributed by atoms with Gasteiger partial charge in [0.1, 0.15) is 11.4 Å². The zero-order chi connectivity index (χ0) is 22.0. The van der Waals surface area contributed by atoms with Gasteiger partial charge in [-0.05, 0) is 58.6 Å². The van der Waals surface area contributed by atoms with Crippen LogP contribution in [0, 0.1) is 0 Å². The van der Waals surface area contributed by atoms with Gasteiger partial charge in [-0.15, -0.1) is 34.2 Å². The van der Waals surface area contributed by atoms with E-state index in [9.17, 15) is 4.79 Å². The second kappa shape index (κ2) is 10.2. The van der Waals surface area contributed by atoms with Gasteiger partial charge in [-0.3, -0.25) is 9.39 Å². The molecule has 4 heterocycles. The van der Waals surface area contributed by atoms with E-state index >= 15 is 0 Å². The Bertz CT molecular complexity index is 941. The number of guanidine groups is 1. The molecule has 2 bridgehead atoms. The summed E-state index contributed by atoms with van der Waals surface area (Å²) < 4.78 is 7.63. The lowest BCUT2D eigenvalue weighted by Gasteiger charge is -2.40. The molecule has 10 heteroatoms. The maximum atomic E-state index is 12.6. The number of aromatic nitrogens is 3. The summed E-state index contributed by atoms with van der Waals surface area (Å²) >= 11 is 0. The first kappa shape index (κ1) is 24.5. The van der Waals surface area contributed by atoms with Crippen molar-refractivity contribution in [2.24, 2.45) is 4.99 Å². The van der Waals surface area contributed by atoms with E-state index in [1.54, 1.807) is 7.05 Å². The summed E-state index contributed by atoms with van der Waals surface area (Å²) in [5, 5.41) is 15.4. The van der Waals surface area contributed by atoms with Crippen LogP contribution in [0.2, 0.25) is 0 Å². The van der Waals surface area contributed by atoms with Crippen molar-refractivity contribution < 1.29 is 9.53 Å². The third-order valence-corrected chi connectivity index (χ3v) is 5.93. The molecule has 2 aliphatic rings. The van der Waals surface area contributed by atoms with Crippen molar-refractivity contribution in [2.75, 3.05) is 13.6 Å². The Morgan fingerprint density at radius 1 is 1.22 bits per heavy atom. The highest BCUT2D eigenvalue weighted by molar-refractivity contribution is 14.0. The quantitative estimate of drug-likeness (QED) is 0.342. The lowest BCUT2D eigenvalue weighted by Crippen LogP contribution is -2.55. The average Bonchev–Trinajstić information content (AvgIpc) is 3.24. The van der Waals surface area contributed by atoms with Crippen LogP contribution in [0.15, 0.2) is 29.4 Å². The van der Waals surface area contributed by atoms with E-state index < -0.39 is 5.60 Å². The molecule has 2 unspecified atom stereocenters. The number of ether oxygens (including phenoxy) is 1. The summed E-state index contributed by atoms with van der Waals surface area (Å²) in [6.07, 6.45) is 6.43. The van der Waals surface area contributed by atoms with E-state index in [4.69, 9.17) is 4.74 Å². The molecule has 2 atom stereocenters. The highest BCUT2D eigenvalue weighted by atomic mass is 127. The Balaban J connectivity index is 0.00000289. The van der Waals surface area contributed by atoms with Crippen LogP contribution in [0.1, 0.15) is 52.3 Å². The third-order valence-electron chi connectivity index (χ3n) is 5.93. The van der Waals surface area contributed by atoms with Crippen LogP contribution in [0.4, 0.5) is 4.79 Å². The summed E-state index contributed by atoms with van der Waals surface area (Å²) in [6.45, 7) is 6.45. The molecule has 2 saturated heterocycles. The second-order valence-electron chi connectivity index (χ2n) is 9.38. The van der Waals surface area contributed by atoms with E-state index in [0.29, 0.717) is 6.54 Å². The number of carbonyl (C=O) groups excluding carboxylic acids is 1. The second-order valence-corrected chi connectivity index (χ2v) is 9.38. The van der Waals surface area contributed by atoms with Gasteiger partial charge in [0.2, 0.25) is 0 Å². The zero-order valence-electron chi connectivity index (χ0n) is 19.2. The van der Waals surface area contributed by atoms with E-state index in [0.717, 1.165) is 49.5 Å². The fourth-order valence-electron chi connectivity index (χ4n) is 4.65. The summed E-state index contributed by atoms with van der Waals surface area (Å²) in [5.74, 6) is 1.70. The Kier molecular flexibility index (Phi) is 7.84. The molecule has 2 aliphatic heterocycles. The van der Waals surface area contributed by atoms with Crippen molar-refractivity contribution in [3.8, 4) is 0 Å². The van der Waals surface area contributed by atoms with Gasteiger partial charge in [0.05, 0.1) is 0 Å². The lowest BCUT2D eigenvalue weighted by atomic mass is 9.98. The molecule has 0 spiro atoms. The molecule has 0 aliphatic carbocycles. The van der Waals surface area contributed by atoms with Crippen LogP contribution in [-0.2, 0) is 11.2 Å². The topological polar surface area (TPSA) is 96.1 Å². The number of pyridine rings is 1.